The molecule has 1 aliphatic rings. The molecule has 0 heterocycles. The lowest BCUT2D eigenvalue weighted by molar-refractivity contribution is -0.142. The summed E-state index contributed by atoms with van der Waals surface area (Å²) < 4.78 is 10.6. The fourth-order valence-corrected chi connectivity index (χ4v) is 3.33. The van der Waals surface area contributed by atoms with Crippen LogP contribution in [-0.2, 0) is 11.3 Å². The highest BCUT2D eigenvalue weighted by Crippen LogP contribution is 2.26. The van der Waals surface area contributed by atoms with Gasteiger partial charge in [-0.25, -0.2) is 4.79 Å². The van der Waals surface area contributed by atoms with Crippen LogP contribution in [0.5, 0.6) is 11.5 Å². The SMILES string of the molecule is COc1ccc(OC)c(CN(CCO)C(=O)NC2CCC(C(=O)O)CC2)c1. The van der Waals surface area contributed by atoms with Crippen LogP contribution in [0.25, 0.3) is 0 Å². The van der Waals surface area contributed by atoms with E-state index in [1.807, 2.05) is 0 Å². The highest BCUT2D eigenvalue weighted by molar-refractivity contribution is 5.75. The lowest BCUT2D eigenvalue weighted by atomic mass is 9.86. The van der Waals surface area contributed by atoms with E-state index in [0.717, 1.165) is 5.56 Å². The van der Waals surface area contributed by atoms with Crippen molar-refractivity contribution in [3.8, 4) is 11.5 Å². The zero-order valence-corrected chi connectivity index (χ0v) is 15.8. The number of nitrogens with zero attached hydrogens (tertiary/aromatic N) is 1. The summed E-state index contributed by atoms with van der Waals surface area (Å²) in [7, 11) is 3.12. The maximum Gasteiger partial charge on any atom is 0.317 e. The first kappa shape index (κ1) is 20.8. The van der Waals surface area contributed by atoms with Crippen molar-refractivity contribution in [1.82, 2.24) is 10.2 Å². The van der Waals surface area contributed by atoms with E-state index in [4.69, 9.17) is 14.6 Å². The van der Waals surface area contributed by atoms with E-state index >= 15 is 0 Å². The predicted octanol–water partition coefficient (Wildman–Crippen LogP) is 1.85. The summed E-state index contributed by atoms with van der Waals surface area (Å²) in [6.07, 6.45) is 2.39. The summed E-state index contributed by atoms with van der Waals surface area (Å²) in [6.45, 7) is 0.277. The minimum Gasteiger partial charge on any atom is -0.497 e. The number of aliphatic hydroxyl groups is 1. The number of carboxylic acid groups (broad SMARTS) is 1. The predicted molar refractivity (Wildman–Crippen MR) is 99.0 cm³/mol. The Morgan fingerprint density at radius 2 is 1.89 bits per heavy atom. The molecule has 0 atom stereocenters. The van der Waals surface area contributed by atoms with Gasteiger partial charge in [0, 0.05) is 18.2 Å². The number of aliphatic hydroxyl groups excluding tert-OH is 1. The molecule has 27 heavy (non-hydrogen) atoms. The number of ether oxygens (including phenoxy) is 2. The molecule has 3 N–H and O–H groups in total. The normalized spacial score (nSPS) is 19.2. The average molecular weight is 380 g/mol. The second-order valence-corrected chi connectivity index (χ2v) is 6.66. The molecule has 8 nitrogen and oxygen atoms in total. The van der Waals surface area contributed by atoms with Crippen LogP contribution in [0.4, 0.5) is 4.79 Å². The molecular weight excluding hydrogens is 352 g/mol. The standard InChI is InChI=1S/C19H28N2O6/c1-26-16-7-8-17(27-2)14(11-16)12-21(9-10-22)19(25)20-15-5-3-13(4-6-15)18(23)24/h7-8,11,13,15,22H,3-6,9-10,12H2,1-2H3,(H,20,25)(H,23,24). The van der Waals surface area contributed by atoms with Gasteiger partial charge in [0.15, 0.2) is 0 Å². The molecule has 0 spiro atoms. The smallest absolute Gasteiger partial charge is 0.317 e. The number of carbonyl (C=O) groups is 2. The van der Waals surface area contributed by atoms with Crippen molar-refractivity contribution in [2.45, 2.75) is 38.3 Å². The van der Waals surface area contributed by atoms with Crippen LogP contribution in [0.3, 0.4) is 0 Å². The number of nitrogens with one attached hydrogen (secondary N) is 1. The van der Waals surface area contributed by atoms with E-state index in [1.54, 1.807) is 32.4 Å². The zero-order valence-electron chi connectivity index (χ0n) is 15.8. The van der Waals surface area contributed by atoms with Crippen LogP contribution in [0.15, 0.2) is 18.2 Å². The Morgan fingerprint density at radius 1 is 1.19 bits per heavy atom. The maximum atomic E-state index is 12.7. The Balaban J connectivity index is 2.02. The van der Waals surface area contributed by atoms with Crippen molar-refractivity contribution >= 4 is 12.0 Å². The number of methoxy groups -OCH3 is 2. The lowest BCUT2D eigenvalue weighted by Crippen LogP contribution is -2.47. The van der Waals surface area contributed by atoms with Gasteiger partial charge in [-0.3, -0.25) is 4.79 Å². The summed E-state index contributed by atoms with van der Waals surface area (Å²) in [4.78, 5) is 25.3. The van der Waals surface area contributed by atoms with Crippen LogP contribution in [0.2, 0.25) is 0 Å². The van der Waals surface area contributed by atoms with Gasteiger partial charge in [0.2, 0.25) is 0 Å². The third-order valence-electron chi connectivity index (χ3n) is 4.91. The highest BCUT2D eigenvalue weighted by atomic mass is 16.5. The van der Waals surface area contributed by atoms with Gasteiger partial charge in [-0.2, -0.15) is 0 Å². The number of urea groups is 1. The molecule has 0 aromatic heterocycles. The molecule has 1 aliphatic carbocycles. The molecule has 0 radical (unpaired) electrons. The molecule has 8 heteroatoms. The number of amides is 2. The number of hydrogen-bond donors (Lipinski definition) is 3. The monoisotopic (exact) mass is 380 g/mol. The van der Waals surface area contributed by atoms with Gasteiger partial charge >= 0.3 is 12.0 Å². The quantitative estimate of drug-likeness (QED) is 0.635. The Hall–Kier alpha value is -2.48. The third kappa shape index (κ3) is 5.75. The molecule has 2 rings (SSSR count). The number of rotatable bonds is 8. The topological polar surface area (TPSA) is 108 Å². The van der Waals surface area contributed by atoms with Crippen LogP contribution in [0.1, 0.15) is 31.2 Å². The molecule has 1 aromatic rings. The van der Waals surface area contributed by atoms with Gasteiger partial charge in [-0.1, -0.05) is 0 Å². The molecule has 2 amide bonds. The van der Waals surface area contributed by atoms with Gasteiger partial charge in [0.05, 0.1) is 33.3 Å². The molecule has 0 aliphatic heterocycles. The second-order valence-electron chi connectivity index (χ2n) is 6.66. The number of carboxylic acids is 1. The highest BCUT2D eigenvalue weighted by Gasteiger charge is 2.28. The van der Waals surface area contributed by atoms with Crippen molar-refractivity contribution < 1.29 is 29.3 Å². The van der Waals surface area contributed by atoms with Crippen molar-refractivity contribution in [1.29, 1.82) is 0 Å². The summed E-state index contributed by atoms with van der Waals surface area (Å²) in [5, 5.41) is 21.4. The zero-order chi connectivity index (χ0) is 19.8. The Kier molecular flexibility index (Phi) is 7.72. The minimum absolute atomic E-state index is 0.0542. The van der Waals surface area contributed by atoms with Crippen molar-refractivity contribution in [2.75, 3.05) is 27.4 Å². The maximum absolute atomic E-state index is 12.7. The minimum atomic E-state index is -0.771. The number of carbonyl (C=O) groups excluding carboxylic acids is 1. The molecular formula is C19H28N2O6. The first-order valence-corrected chi connectivity index (χ1v) is 9.08. The van der Waals surface area contributed by atoms with Gasteiger partial charge in [0.1, 0.15) is 11.5 Å². The first-order chi connectivity index (χ1) is 13.0. The number of hydrogen-bond acceptors (Lipinski definition) is 5. The molecule has 0 unspecified atom stereocenters. The first-order valence-electron chi connectivity index (χ1n) is 9.08. The Labute approximate surface area is 159 Å². The third-order valence-corrected chi connectivity index (χ3v) is 4.91. The molecule has 0 saturated heterocycles. The van der Waals surface area contributed by atoms with Crippen LogP contribution in [0, 0.1) is 5.92 Å². The fraction of sp³-hybridized carbons (Fsp3) is 0.579. The van der Waals surface area contributed by atoms with E-state index in [1.165, 1.54) is 4.90 Å². The molecule has 1 saturated carbocycles. The van der Waals surface area contributed by atoms with Crippen molar-refractivity contribution in [2.24, 2.45) is 5.92 Å². The van der Waals surface area contributed by atoms with Gasteiger partial charge in [-0.05, 0) is 43.9 Å². The number of benzene rings is 1. The number of aliphatic carboxylic acids is 1. The second kappa shape index (κ2) is 10.0. The van der Waals surface area contributed by atoms with E-state index in [0.29, 0.717) is 37.2 Å². The van der Waals surface area contributed by atoms with Gasteiger partial charge in [-0.15, -0.1) is 0 Å². The molecule has 0 bridgehead atoms. The Bertz CT molecular complexity index is 643. The molecule has 150 valence electrons. The largest absolute Gasteiger partial charge is 0.497 e. The van der Waals surface area contributed by atoms with Crippen LogP contribution in [-0.4, -0.2) is 60.5 Å². The molecule has 1 fully saturated rings. The summed E-state index contributed by atoms with van der Waals surface area (Å²) in [6, 6.07) is 5.01. The molecule has 1 aromatic carbocycles. The Morgan fingerprint density at radius 3 is 2.44 bits per heavy atom. The summed E-state index contributed by atoms with van der Waals surface area (Å²) in [5.74, 6) is 0.190. The summed E-state index contributed by atoms with van der Waals surface area (Å²) in [5.41, 5.74) is 0.773. The van der Waals surface area contributed by atoms with Gasteiger partial charge < -0.3 is 29.9 Å². The van der Waals surface area contributed by atoms with Crippen LogP contribution < -0.4 is 14.8 Å². The van der Waals surface area contributed by atoms with E-state index in [9.17, 15) is 14.7 Å². The lowest BCUT2D eigenvalue weighted by Gasteiger charge is -2.30. The summed E-state index contributed by atoms with van der Waals surface area (Å²) >= 11 is 0. The van der Waals surface area contributed by atoms with E-state index < -0.39 is 5.97 Å². The van der Waals surface area contributed by atoms with E-state index in [2.05, 4.69) is 5.32 Å². The van der Waals surface area contributed by atoms with Crippen LogP contribution >= 0.6 is 0 Å². The van der Waals surface area contributed by atoms with Gasteiger partial charge in [0.25, 0.3) is 0 Å². The van der Waals surface area contributed by atoms with E-state index in [-0.39, 0.29) is 37.7 Å². The average Bonchev–Trinajstić information content (AvgIpc) is 2.67. The fourth-order valence-electron chi connectivity index (χ4n) is 3.33. The van der Waals surface area contributed by atoms with Crippen molar-refractivity contribution in [3.05, 3.63) is 23.8 Å². The van der Waals surface area contributed by atoms with Crippen molar-refractivity contribution in [3.63, 3.8) is 0 Å².